The van der Waals surface area contributed by atoms with Gasteiger partial charge in [0, 0.05) is 24.4 Å². The summed E-state index contributed by atoms with van der Waals surface area (Å²) in [6, 6.07) is 1.37. The largest absolute Gasteiger partial charge is 0.394 e. The minimum Gasteiger partial charge on any atom is -0.377 e. The maximum Gasteiger partial charge on any atom is 0.394 e. The summed E-state index contributed by atoms with van der Waals surface area (Å²) in [7, 11) is 1.78. The number of rotatable bonds is 7. The van der Waals surface area contributed by atoms with Gasteiger partial charge in [-0.15, -0.1) is 0 Å². The molecule has 2 aliphatic rings. The van der Waals surface area contributed by atoms with E-state index in [9.17, 15) is 26.7 Å². The van der Waals surface area contributed by atoms with Crippen LogP contribution in [0.15, 0.2) is 16.7 Å². The van der Waals surface area contributed by atoms with Crippen LogP contribution in [0.3, 0.4) is 0 Å². The molecule has 36 heavy (non-hydrogen) atoms. The average molecular weight is 513 g/mol. The molecule has 0 spiro atoms. The van der Waals surface area contributed by atoms with Crippen molar-refractivity contribution < 1.29 is 31.3 Å². The first kappa shape index (κ1) is 24.4. The molecule has 3 aromatic rings. The van der Waals surface area contributed by atoms with Crippen LogP contribution in [0.5, 0.6) is 0 Å². The van der Waals surface area contributed by atoms with Crippen LogP contribution < -0.4 is 10.6 Å². The van der Waals surface area contributed by atoms with Crippen molar-refractivity contribution in [1.82, 2.24) is 30.1 Å². The Bertz CT molecular complexity index is 1270. The first-order chi connectivity index (χ1) is 17.1. The minimum absolute atomic E-state index is 0.0207. The van der Waals surface area contributed by atoms with E-state index in [1.807, 2.05) is 4.90 Å². The predicted octanol–water partition coefficient (Wildman–Crippen LogP) is 3.13. The molecule has 1 aromatic carbocycles. The highest BCUT2D eigenvalue weighted by Gasteiger charge is 2.34. The lowest BCUT2D eigenvalue weighted by Gasteiger charge is -2.33. The molecule has 0 bridgehead atoms. The topological polar surface area (TPSA) is 101 Å². The zero-order valence-corrected chi connectivity index (χ0v) is 19.3. The van der Waals surface area contributed by atoms with Crippen molar-refractivity contribution in [3.8, 4) is 5.95 Å². The first-order valence-electron chi connectivity index (χ1n) is 11.5. The van der Waals surface area contributed by atoms with Gasteiger partial charge in [0.1, 0.15) is 17.5 Å². The molecule has 14 heteroatoms. The van der Waals surface area contributed by atoms with Crippen LogP contribution >= 0.6 is 0 Å². The summed E-state index contributed by atoms with van der Waals surface area (Å²) < 4.78 is 75.5. The number of alkyl halides is 4. The lowest BCUT2D eigenvalue weighted by Crippen LogP contribution is -2.46. The second-order valence-electron chi connectivity index (χ2n) is 9.30. The Balaban J connectivity index is 1.50. The Labute approximate surface area is 202 Å². The monoisotopic (exact) mass is 513 g/mol. The normalized spacial score (nSPS) is 21.2. The highest BCUT2D eigenvalue weighted by Crippen LogP contribution is 2.34. The Morgan fingerprint density at radius 3 is 2.72 bits per heavy atom. The van der Waals surface area contributed by atoms with E-state index in [2.05, 4.69) is 25.9 Å². The Hall–Kier alpha value is -3.29. The standard InChI is InChI=1S/C22H24F5N7O2/c1-33-5-4-15(14(24)10-33)29-16-7-12(23)6-13-17(8-22(25,26)27)34(31-19(13)16)21-30-18(36-32-21)9-28-20(35)11-2-3-11/h6-7,11,14-15,29H,2-5,8-10H2,1H3,(H,28,35)/t14-,15+/m0/s1. The Kier molecular flexibility index (Phi) is 6.30. The maximum atomic E-state index is 14.6. The number of benzene rings is 1. The molecule has 194 valence electrons. The van der Waals surface area contributed by atoms with Crippen LogP contribution in [0.4, 0.5) is 27.6 Å². The van der Waals surface area contributed by atoms with Gasteiger partial charge in [-0.05, 0) is 43.6 Å². The molecule has 5 rings (SSSR count). The number of carbonyl (C=O) groups excluding carboxylic acids is 1. The smallest absolute Gasteiger partial charge is 0.377 e. The number of carbonyl (C=O) groups is 1. The molecule has 1 saturated carbocycles. The van der Waals surface area contributed by atoms with Gasteiger partial charge in [0.2, 0.25) is 11.8 Å². The quantitative estimate of drug-likeness (QED) is 0.468. The van der Waals surface area contributed by atoms with Gasteiger partial charge in [-0.1, -0.05) is 0 Å². The maximum absolute atomic E-state index is 14.6. The summed E-state index contributed by atoms with van der Waals surface area (Å²) in [5, 5.41) is 13.4. The lowest BCUT2D eigenvalue weighted by atomic mass is 10.0. The van der Waals surface area contributed by atoms with Crippen molar-refractivity contribution >= 4 is 22.5 Å². The number of nitrogens with zero attached hydrogens (tertiary/aromatic N) is 5. The molecule has 2 aromatic heterocycles. The molecule has 2 atom stereocenters. The predicted molar refractivity (Wildman–Crippen MR) is 118 cm³/mol. The number of anilines is 1. The van der Waals surface area contributed by atoms with Crippen molar-refractivity contribution in [3.05, 3.63) is 29.5 Å². The van der Waals surface area contributed by atoms with E-state index in [4.69, 9.17) is 4.52 Å². The van der Waals surface area contributed by atoms with E-state index in [0.29, 0.717) is 13.0 Å². The molecule has 3 heterocycles. The van der Waals surface area contributed by atoms with Gasteiger partial charge in [0.15, 0.2) is 0 Å². The summed E-state index contributed by atoms with van der Waals surface area (Å²) >= 11 is 0. The number of amides is 1. The molecular weight excluding hydrogens is 489 g/mol. The third-order valence-electron chi connectivity index (χ3n) is 6.30. The van der Waals surface area contributed by atoms with E-state index < -0.39 is 36.3 Å². The summed E-state index contributed by atoms with van der Waals surface area (Å²) in [5.74, 6) is -1.32. The van der Waals surface area contributed by atoms with Crippen LogP contribution in [-0.2, 0) is 17.8 Å². The average Bonchev–Trinajstić information content (AvgIpc) is 3.45. The van der Waals surface area contributed by atoms with Crippen molar-refractivity contribution in [2.24, 2.45) is 5.92 Å². The highest BCUT2D eigenvalue weighted by atomic mass is 19.4. The molecule has 1 aliphatic heterocycles. The lowest BCUT2D eigenvalue weighted by molar-refractivity contribution is -0.128. The summed E-state index contributed by atoms with van der Waals surface area (Å²) in [6.07, 6.45) is -5.32. The minimum atomic E-state index is -4.65. The summed E-state index contributed by atoms with van der Waals surface area (Å²) in [5.41, 5.74) is -0.297. The second-order valence-corrected chi connectivity index (χ2v) is 9.30. The Morgan fingerprint density at radius 2 is 2.03 bits per heavy atom. The van der Waals surface area contributed by atoms with Crippen molar-refractivity contribution in [2.75, 3.05) is 25.5 Å². The van der Waals surface area contributed by atoms with Crippen LogP contribution in [-0.4, -0.2) is 69.3 Å². The molecule has 1 amide bonds. The number of nitrogens with one attached hydrogen (secondary N) is 2. The number of aromatic nitrogens is 4. The molecule has 1 saturated heterocycles. The van der Waals surface area contributed by atoms with E-state index in [0.717, 1.165) is 29.7 Å². The van der Waals surface area contributed by atoms with Gasteiger partial charge in [0.05, 0.1) is 30.4 Å². The van der Waals surface area contributed by atoms with E-state index in [1.54, 1.807) is 7.05 Å². The van der Waals surface area contributed by atoms with Gasteiger partial charge in [-0.3, -0.25) is 4.79 Å². The van der Waals surface area contributed by atoms with Gasteiger partial charge in [-0.2, -0.15) is 27.9 Å². The summed E-state index contributed by atoms with van der Waals surface area (Å²) in [6.45, 7) is 0.688. The first-order valence-corrected chi connectivity index (χ1v) is 11.5. The molecule has 2 N–H and O–H groups in total. The zero-order chi connectivity index (χ0) is 25.6. The molecule has 0 unspecified atom stereocenters. The fraction of sp³-hybridized carbons (Fsp3) is 0.545. The number of piperidine rings is 1. The fourth-order valence-corrected chi connectivity index (χ4v) is 4.31. The van der Waals surface area contributed by atoms with Gasteiger partial charge in [0.25, 0.3) is 5.95 Å². The molecule has 1 aliphatic carbocycles. The van der Waals surface area contributed by atoms with E-state index in [1.165, 1.54) is 0 Å². The number of hydrogen-bond donors (Lipinski definition) is 2. The van der Waals surface area contributed by atoms with Crippen LogP contribution in [0, 0.1) is 11.7 Å². The third kappa shape index (κ3) is 5.27. The molecule has 0 radical (unpaired) electrons. The number of halogens is 5. The fourth-order valence-electron chi connectivity index (χ4n) is 4.31. The zero-order valence-electron chi connectivity index (χ0n) is 19.3. The van der Waals surface area contributed by atoms with Crippen molar-refractivity contribution in [1.29, 1.82) is 0 Å². The van der Waals surface area contributed by atoms with E-state index in [-0.39, 0.29) is 53.3 Å². The Morgan fingerprint density at radius 1 is 1.25 bits per heavy atom. The van der Waals surface area contributed by atoms with Gasteiger partial charge in [-0.25, -0.2) is 8.78 Å². The van der Waals surface area contributed by atoms with Crippen molar-refractivity contribution in [2.45, 2.75) is 50.6 Å². The highest BCUT2D eigenvalue weighted by molar-refractivity contribution is 5.93. The van der Waals surface area contributed by atoms with Gasteiger partial charge >= 0.3 is 6.18 Å². The summed E-state index contributed by atoms with van der Waals surface area (Å²) in [4.78, 5) is 17.7. The third-order valence-corrected chi connectivity index (χ3v) is 6.30. The van der Waals surface area contributed by atoms with Crippen molar-refractivity contribution in [3.63, 3.8) is 0 Å². The van der Waals surface area contributed by atoms with Crippen LogP contribution in [0.1, 0.15) is 30.8 Å². The van der Waals surface area contributed by atoms with E-state index >= 15 is 0 Å². The SMILES string of the molecule is CN1CC[C@@H](Nc2cc(F)cc3c(CC(F)(F)F)n(-c4noc(CNC(=O)C5CC5)n4)nc23)[C@@H](F)C1. The number of hydrogen-bond acceptors (Lipinski definition) is 7. The molecule has 9 nitrogen and oxygen atoms in total. The number of fused-ring (bicyclic) bond motifs is 1. The molecule has 2 fully saturated rings. The second kappa shape index (κ2) is 9.30. The van der Waals surface area contributed by atoms with Crippen LogP contribution in [0.25, 0.3) is 16.9 Å². The number of likely N-dealkylation sites (tertiary alicyclic amines) is 1. The van der Waals surface area contributed by atoms with Gasteiger partial charge < -0.3 is 20.1 Å². The molecular formula is C22H24F5N7O2. The van der Waals surface area contributed by atoms with Crippen LogP contribution in [0.2, 0.25) is 0 Å².